The zero-order valence-corrected chi connectivity index (χ0v) is 11.3. The second-order valence-corrected chi connectivity index (χ2v) is 6.83. The zero-order valence-electron chi connectivity index (χ0n) is 10.5. The van der Waals surface area contributed by atoms with Crippen molar-refractivity contribution in [2.75, 3.05) is 18.9 Å². The van der Waals surface area contributed by atoms with Crippen LogP contribution in [0.2, 0.25) is 0 Å². The average molecular weight is 283 g/mol. The molecule has 2 fully saturated rings. The predicted octanol–water partition coefficient (Wildman–Crippen LogP) is 0.606. The Morgan fingerprint density at radius 2 is 2.21 bits per heavy atom. The normalized spacial score (nSPS) is 28.2. The fourth-order valence-electron chi connectivity index (χ4n) is 2.87. The van der Waals surface area contributed by atoms with E-state index in [1.54, 1.807) is 4.31 Å². The molecule has 0 spiro atoms. The van der Waals surface area contributed by atoms with E-state index < -0.39 is 10.0 Å². The molecule has 1 aliphatic carbocycles. The van der Waals surface area contributed by atoms with Crippen molar-refractivity contribution in [2.24, 2.45) is 0 Å². The molecule has 3 rings (SSSR count). The van der Waals surface area contributed by atoms with Gasteiger partial charge in [-0.05, 0) is 31.4 Å². The van der Waals surface area contributed by atoms with Crippen molar-refractivity contribution < 1.29 is 13.2 Å². The van der Waals surface area contributed by atoms with E-state index in [0.29, 0.717) is 19.0 Å². The molecule has 2 unspecified atom stereocenters. The number of morpholine rings is 1. The summed E-state index contributed by atoms with van der Waals surface area (Å²) in [5, 5.41) is 0. The number of fused-ring (bicyclic) bond motifs is 1. The van der Waals surface area contributed by atoms with Gasteiger partial charge in [-0.25, -0.2) is 13.4 Å². The number of nitrogens with two attached hydrogens (primary N) is 1. The zero-order chi connectivity index (χ0) is 13.5. The van der Waals surface area contributed by atoms with E-state index in [2.05, 4.69) is 4.98 Å². The molecule has 0 radical (unpaired) electrons. The predicted molar refractivity (Wildman–Crippen MR) is 69.9 cm³/mol. The van der Waals surface area contributed by atoms with Crippen LogP contribution in [0.15, 0.2) is 23.2 Å². The number of nitrogen functional groups attached to an aromatic ring is 1. The smallest absolute Gasteiger partial charge is 0.245 e. The van der Waals surface area contributed by atoms with Crippen molar-refractivity contribution in [3.63, 3.8) is 0 Å². The maximum absolute atomic E-state index is 12.6. The van der Waals surface area contributed by atoms with Gasteiger partial charge in [-0.1, -0.05) is 0 Å². The first-order valence-corrected chi connectivity index (χ1v) is 7.88. The summed E-state index contributed by atoms with van der Waals surface area (Å²) in [5.74, 6) is 0.319. The highest BCUT2D eigenvalue weighted by Crippen LogP contribution is 2.33. The van der Waals surface area contributed by atoms with Crippen LogP contribution in [0.4, 0.5) is 5.82 Å². The molecule has 0 aromatic carbocycles. The molecule has 0 bridgehead atoms. The van der Waals surface area contributed by atoms with Crippen molar-refractivity contribution in [2.45, 2.75) is 36.3 Å². The van der Waals surface area contributed by atoms with Gasteiger partial charge in [-0.2, -0.15) is 4.31 Å². The first-order chi connectivity index (χ1) is 9.09. The minimum Gasteiger partial charge on any atom is -0.384 e. The highest BCUT2D eigenvalue weighted by atomic mass is 32.2. The molecule has 2 atom stereocenters. The van der Waals surface area contributed by atoms with E-state index >= 15 is 0 Å². The van der Waals surface area contributed by atoms with Crippen LogP contribution in [0.3, 0.4) is 0 Å². The minimum atomic E-state index is -3.50. The Bertz CT molecular complexity index is 558. The van der Waals surface area contributed by atoms with E-state index in [1.807, 2.05) is 0 Å². The maximum Gasteiger partial charge on any atom is 0.245 e. The number of ether oxygens (including phenoxy) is 1. The lowest BCUT2D eigenvalue weighted by Gasteiger charge is -2.36. The molecule has 6 nitrogen and oxygen atoms in total. The van der Waals surface area contributed by atoms with Crippen LogP contribution >= 0.6 is 0 Å². The third-order valence-corrected chi connectivity index (χ3v) is 5.71. The summed E-state index contributed by atoms with van der Waals surface area (Å²) in [6, 6.07) is 2.99. The molecule has 1 aromatic heterocycles. The van der Waals surface area contributed by atoms with Gasteiger partial charge < -0.3 is 10.5 Å². The van der Waals surface area contributed by atoms with Crippen molar-refractivity contribution in [3.05, 3.63) is 18.3 Å². The van der Waals surface area contributed by atoms with E-state index in [4.69, 9.17) is 10.5 Å². The lowest BCUT2D eigenvalue weighted by Crippen LogP contribution is -2.51. The molecule has 1 aromatic rings. The summed E-state index contributed by atoms with van der Waals surface area (Å²) in [6.45, 7) is 0.872. The quantitative estimate of drug-likeness (QED) is 0.859. The van der Waals surface area contributed by atoms with Crippen molar-refractivity contribution >= 4 is 15.8 Å². The monoisotopic (exact) mass is 283 g/mol. The highest BCUT2D eigenvalue weighted by Gasteiger charge is 2.42. The summed E-state index contributed by atoms with van der Waals surface area (Å²) in [7, 11) is -3.50. The average Bonchev–Trinajstić information content (AvgIpc) is 2.87. The van der Waals surface area contributed by atoms with Gasteiger partial charge in [0, 0.05) is 12.7 Å². The summed E-state index contributed by atoms with van der Waals surface area (Å²) in [5.41, 5.74) is 5.49. The molecule has 2 aliphatic rings. The number of nitrogens with zero attached hydrogens (tertiary/aromatic N) is 2. The van der Waals surface area contributed by atoms with Gasteiger partial charge in [-0.3, -0.25) is 0 Å². The molecular formula is C12H17N3O3S. The summed E-state index contributed by atoms with van der Waals surface area (Å²) < 4.78 is 32.5. The Hall–Kier alpha value is -1.18. The summed E-state index contributed by atoms with van der Waals surface area (Å²) >= 11 is 0. The number of anilines is 1. The van der Waals surface area contributed by atoms with Crippen LogP contribution in [0.5, 0.6) is 0 Å². The third-order valence-electron chi connectivity index (χ3n) is 3.80. The Morgan fingerprint density at radius 1 is 1.37 bits per heavy atom. The van der Waals surface area contributed by atoms with Crippen LogP contribution in [0, 0.1) is 0 Å². The van der Waals surface area contributed by atoms with Crippen molar-refractivity contribution in [1.82, 2.24) is 9.29 Å². The largest absolute Gasteiger partial charge is 0.384 e. The first kappa shape index (κ1) is 12.8. The topological polar surface area (TPSA) is 85.5 Å². The van der Waals surface area contributed by atoms with Crippen molar-refractivity contribution in [1.29, 1.82) is 0 Å². The molecule has 2 heterocycles. The third kappa shape index (κ3) is 2.22. The molecule has 1 saturated carbocycles. The number of pyridine rings is 1. The van der Waals surface area contributed by atoms with Crippen LogP contribution in [-0.4, -0.2) is 43.0 Å². The van der Waals surface area contributed by atoms with Gasteiger partial charge >= 0.3 is 0 Å². The molecule has 1 saturated heterocycles. The minimum absolute atomic E-state index is 0.0312. The molecule has 19 heavy (non-hydrogen) atoms. The highest BCUT2D eigenvalue weighted by molar-refractivity contribution is 7.89. The SMILES string of the molecule is Nc1ccc(S(=O)(=O)N2CCOC3CCCC32)cn1. The number of aromatic nitrogens is 1. The Balaban J connectivity index is 1.93. The van der Waals surface area contributed by atoms with Gasteiger partial charge in [0.05, 0.1) is 18.8 Å². The van der Waals surface area contributed by atoms with E-state index in [1.165, 1.54) is 18.3 Å². The molecule has 7 heteroatoms. The molecule has 104 valence electrons. The first-order valence-electron chi connectivity index (χ1n) is 6.44. The number of rotatable bonds is 2. The standard InChI is InChI=1S/C12H17N3O3S/c13-12-5-4-9(8-14-12)19(16,17)15-6-7-18-11-3-1-2-10(11)15/h4-5,8,10-11H,1-3,6-7H2,(H2,13,14). The number of hydrogen-bond acceptors (Lipinski definition) is 5. The van der Waals surface area contributed by atoms with Crippen LogP contribution < -0.4 is 5.73 Å². The van der Waals surface area contributed by atoms with E-state index in [0.717, 1.165) is 19.3 Å². The van der Waals surface area contributed by atoms with Crippen LogP contribution in [0.25, 0.3) is 0 Å². The van der Waals surface area contributed by atoms with Crippen LogP contribution in [0.1, 0.15) is 19.3 Å². The summed E-state index contributed by atoms with van der Waals surface area (Å²) in [6.07, 6.45) is 4.19. The van der Waals surface area contributed by atoms with Crippen molar-refractivity contribution in [3.8, 4) is 0 Å². The van der Waals surface area contributed by atoms with E-state index in [9.17, 15) is 8.42 Å². The van der Waals surface area contributed by atoms with Gasteiger partial charge in [0.15, 0.2) is 0 Å². The second kappa shape index (κ2) is 4.73. The second-order valence-electron chi connectivity index (χ2n) is 4.94. The van der Waals surface area contributed by atoms with E-state index in [-0.39, 0.29) is 17.0 Å². The molecule has 0 amide bonds. The molecular weight excluding hydrogens is 266 g/mol. The Kier molecular flexibility index (Phi) is 3.20. The number of hydrogen-bond donors (Lipinski definition) is 1. The number of sulfonamides is 1. The lowest BCUT2D eigenvalue weighted by atomic mass is 10.2. The van der Waals surface area contributed by atoms with Gasteiger partial charge in [0.25, 0.3) is 0 Å². The molecule has 1 aliphatic heterocycles. The summed E-state index contributed by atoms with van der Waals surface area (Å²) in [4.78, 5) is 4.07. The fourth-order valence-corrected chi connectivity index (χ4v) is 4.48. The van der Waals surface area contributed by atoms with Gasteiger partial charge in [0.2, 0.25) is 10.0 Å². The maximum atomic E-state index is 12.6. The fraction of sp³-hybridized carbons (Fsp3) is 0.583. The van der Waals surface area contributed by atoms with Gasteiger partial charge in [-0.15, -0.1) is 0 Å². The molecule has 2 N–H and O–H groups in total. The lowest BCUT2D eigenvalue weighted by molar-refractivity contribution is -0.0241. The Morgan fingerprint density at radius 3 is 2.95 bits per heavy atom. The van der Waals surface area contributed by atoms with Gasteiger partial charge in [0.1, 0.15) is 10.7 Å². The Labute approximate surface area is 112 Å². The van der Waals surface area contributed by atoms with Crippen LogP contribution in [-0.2, 0) is 14.8 Å².